The lowest BCUT2D eigenvalue weighted by atomic mass is 9.87. The molecule has 1 atom stereocenters. The van der Waals surface area contributed by atoms with Gasteiger partial charge < -0.3 is 10.0 Å². The summed E-state index contributed by atoms with van der Waals surface area (Å²) >= 11 is 0. The molecule has 122 valence electrons. The minimum absolute atomic E-state index is 0.148. The number of aliphatic imine (C=N–C) groups is 1. The molecular formula is C19H17FN2O2. The molecule has 0 aromatic heterocycles. The van der Waals surface area contributed by atoms with E-state index in [2.05, 4.69) is 4.99 Å². The van der Waals surface area contributed by atoms with Crippen LogP contribution in [0.3, 0.4) is 0 Å². The fourth-order valence-electron chi connectivity index (χ4n) is 3.34. The van der Waals surface area contributed by atoms with E-state index in [0.717, 1.165) is 11.3 Å². The average molecular weight is 324 g/mol. The normalized spacial score (nSPS) is 22.2. The van der Waals surface area contributed by atoms with Gasteiger partial charge in [-0.2, -0.15) is 0 Å². The van der Waals surface area contributed by atoms with E-state index in [0.29, 0.717) is 23.6 Å². The summed E-state index contributed by atoms with van der Waals surface area (Å²) in [5.41, 5.74) is 1.32. The standard InChI is InChI=1S/C19H17FN2O2/c1-11-3-5-13(6-4-11)22-8-7-19(24)17(23)14-10-15(20)12(2)9-16(14)21-18(19)22/h3-6,9-10,24H,7-8H2,1-2H3/t19-/m1/s1. The van der Waals surface area contributed by atoms with Crippen molar-refractivity contribution >= 4 is 23.0 Å². The number of carbonyl (C=O) groups excluding carboxylic acids is 1. The molecule has 1 saturated heterocycles. The quantitative estimate of drug-likeness (QED) is 0.875. The molecule has 0 saturated carbocycles. The molecule has 2 aromatic carbocycles. The van der Waals surface area contributed by atoms with Crippen LogP contribution in [0.5, 0.6) is 0 Å². The first kappa shape index (κ1) is 15.0. The minimum atomic E-state index is -1.68. The van der Waals surface area contributed by atoms with Crippen LogP contribution in [0.1, 0.15) is 27.9 Å². The smallest absolute Gasteiger partial charge is 0.204 e. The Balaban J connectivity index is 1.87. The van der Waals surface area contributed by atoms with E-state index < -0.39 is 17.2 Å². The summed E-state index contributed by atoms with van der Waals surface area (Å²) in [6.45, 7) is 4.12. The number of anilines is 1. The van der Waals surface area contributed by atoms with Gasteiger partial charge in [-0.1, -0.05) is 17.7 Å². The largest absolute Gasteiger partial charge is 0.374 e. The number of Topliss-reactive ketones (excluding diaryl/α,β-unsaturated/α-hetero) is 1. The van der Waals surface area contributed by atoms with Crippen LogP contribution in [-0.4, -0.2) is 28.9 Å². The molecule has 2 aliphatic rings. The van der Waals surface area contributed by atoms with E-state index in [1.807, 2.05) is 36.1 Å². The molecule has 2 heterocycles. The summed E-state index contributed by atoms with van der Waals surface area (Å²) in [5, 5.41) is 10.9. The lowest BCUT2D eigenvalue weighted by Gasteiger charge is -2.30. The summed E-state index contributed by atoms with van der Waals surface area (Å²) in [7, 11) is 0. The Morgan fingerprint density at radius 1 is 1.21 bits per heavy atom. The average Bonchev–Trinajstić information content (AvgIpc) is 2.89. The number of rotatable bonds is 1. The number of amidine groups is 1. The molecule has 4 rings (SSSR count). The summed E-state index contributed by atoms with van der Waals surface area (Å²) in [5.74, 6) is -0.608. The van der Waals surface area contributed by atoms with Gasteiger partial charge in [0, 0.05) is 24.2 Å². The number of hydrogen-bond acceptors (Lipinski definition) is 4. The minimum Gasteiger partial charge on any atom is -0.374 e. The molecule has 1 fully saturated rings. The molecule has 0 spiro atoms. The zero-order valence-corrected chi connectivity index (χ0v) is 13.5. The van der Waals surface area contributed by atoms with E-state index in [-0.39, 0.29) is 12.0 Å². The SMILES string of the molecule is Cc1ccc(N2CC[C@@]3(O)C(=O)c4cc(F)c(C)cc4N=C23)cc1. The highest BCUT2D eigenvalue weighted by Crippen LogP contribution is 2.40. The monoisotopic (exact) mass is 324 g/mol. The second-order valence-corrected chi connectivity index (χ2v) is 6.48. The second-order valence-electron chi connectivity index (χ2n) is 6.48. The Morgan fingerprint density at radius 3 is 2.62 bits per heavy atom. The third-order valence-corrected chi connectivity index (χ3v) is 4.79. The molecule has 5 heteroatoms. The molecule has 0 aliphatic carbocycles. The van der Waals surface area contributed by atoms with Gasteiger partial charge in [-0.15, -0.1) is 0 Å². The molecule has 24 heavy (non-hydrogen) atoms. The van der Waals surface area contributed by atoms with Crippen molar-refractivity contribution < 1.29 is 14.3 Å². The molecule has 0 radical (unpaired) electrons. The summed E-state index contributed by atoms with van der Waals surface area (Å²) in [6, 6.07) is 10.6. The van der Waals surface area contributed by atoms with Gasteiger partial charge in [-0.3, -0.25) is 4.79 Å². The summed E-state index contributed by atoms with van der Waals surface area (Å²) in [6.07, 6.45) is 0.244. The number of nitrogens with zero attached hydrogens (tertiary/aromatic N) is 2. The van der Waals surface area contributed by atoms with Crippen LogP contribution in [-0.2, 0) is 0 Å². The second kappa shape index (κ2) is 4.98. The molecular weight excluding hydrogens is 307 g/mol. The third kappa shape index (κ3) is 2.01. The molecule has 1 N–H and O–H groups in total. The van der Waals surface area contributed by atoms with Gasteiger partial charge in [0.05, 0.1) is 5.69 Å². The van der Waals surface area contributed by atoms with Gasteiger partial charge in [-0.05, 0) is 43.7 Å². The molecule has 0 amide bonds. The number of benzene rings is 2. The predicted octanol–water partition coefficient (Wildman–Crippen LogP) is 3.31. The van der Waals surface area contributed by atoms with E-state index >= 15 is 0 Å². The highest BCUT2D eigenvalue weighted by atomic mass is 19.1. The van der Waals surface area contributed by atoms with Crippen molar-refractivity contribution in [3.8, 4) is 0 Å². The summed E-state index contributed by atoms with van der Waals surface area (Å²) < 4.78 is 13.8. The van der Waals surface area contributed by atoms with Crippen molar-refractivity contribution in [1.82, 2.24) is 0 Å². The van der Waals surface area contributed by atoms with E-state index in [4.69, 9.17) is 0 Å². The lowest BCUT2D eigenvalue weighted by Crippen LogP contribution is -2.48. The van der Waals surface area contributed by atoms with Gasteiger partial charge in [0.2, 0.25) is 5.78 Å². The van der Waals surface area contributed by atoms with Crippen LogP contribution >= 0.6 is 0 Å². The third-order valence-electron chi connectivity index (χ3n) is 4.79. The molecule has 4 nitrogen and oxygen atoms in total. The Labute approximate surface area is 139 Å². The van der Waals surface area contributed by atoms with Crippen LogP contribution in [0.2, 0.25) is 0 Å². The number of aryl methyl sites for hydroxylation is 2. The van der Waals surface area contributed by atoms with Crippen molar-refractivity contribution in [3.05, 3.63) is 58.9 Å². The number of aliphatic hydroxyl groups is 1. The number of fused-ring (bicyclic) bond motifs is 2. The van der Waals surface area contributed by atoms with Crippen molar-refractivity contribution in [3.63, 3.8) is 0 Å². The van der Waals surface area contributed by atoms with E-state index in [1.54, 1.807) is 13.0 Å². The fourth-order valence-corrected chi connectivity index (χ4v) is 3.34. The van der Waals surface area contributed by atoms with Crippen LogP contribution in [0.4, 0.5) is 15.8 Å². The topological polar surface area (TPSA) is 52.9 Å². The van der Waals surface area contributed by atoms with Crippen LogP contribution < -0.4 is 4.90 Å². The van der Waals surface area contributed by atoms with Gasteiger partial charge >= 0.3 is 0 Å². The highest BCUT2D eigenvalue weighted by Gasteiger charge is 2.52. The maximum atomic E-state index is 13.8. The van der Waals surface area contributed by atoms with Gasteiger partial charge in [0.25, 0.3) is 0 Å². The first-order valence-electron chi connectivity index (χ1n) is 7.91. The Hall–Kier alpha value is -2.53. The Bertz CT molecular complexity index is 889. The van der Waals surface area contributed by atoms with Gasteiger partial charge in [0.15, 0.2) is 5.60 Å². The summed E-state index contributed by atoms with van der Waals surface area (Å²) in [4.78, 5) is 19.2. The van der Waals surface area contributed by atoms with Crippen molar-refractivity contribution in [2.45, 2.75) is 25.9 Å². The molecule has 0 bridgehead atoms. The highest BCUT2D eigenvalue weighted by molar-refractivity contribution is 6.28. The number of carbonyl (C=O) groups is 1. The number of ketones is 1. The Morgan fingerprint density at radius 2 is 1.92 bits per heavy atom. The van der Waals surface area contributed by atoms with E-state index in [9.17, 15) is 14.3 Å². The van der Waals surface area contributed by atoms with E-state index in [1.165, 1.54) is 6.07 Å². The lowest BCUT2D eigenvalue weighted by molar-refractivity contribution is 0.0601. The van der Waals surface area contributed by atoms with Crippen LogP contribution in [0.15, 0.2) is 41.4 Å². The zero-order chi connectivity index (χ0) is 17.1. The number of hydrogen-bond donors (Lipinski definition) is 1. The van der Waals surface area contributed by atoms with Crippen molar-refractivity contribution in [2.24, 2.45) is 4.99 Å². The van der Waals surface area contributed by atoms with Crippen LogP contribution in [0.25, 0.3) is 0 Å². The maximum Gasteiger partial charge on any atom is 0.204 e. The van der Waals surface area contributed by atoms with Crippen molar-refractivity contribution in [2.75, 3.05) is 11.4 Å². The molecule has 2 aromatic rings. The predicted molar refractivity (Wildman–Crippen MR) is 90.7 cm³/mol. The van der Waals surface area contributed by atoms with Gasteiger partial charge in [-0.25, -0.2) is 9.38 Å². The van der Waals surface area contributed by atoms with Gasteiger partial charge in [0.1, 0.15) is 11.7 Å². The van der Waals surface area contributed by atoms with Crippen molar-refractivity contribution in [1.29, 1.82) is 0 Å². The van der Waals surface area contributed by atoms with Crippen LogP contribution in [0, 0.1) is 19.7 Å². The molecule has 2 aliphatic heterocycles. The fraction of sp³-hybridized carbons (Fsp3) is 0.263. The Kier molecular flexibility index (Phi) is 3.12. The zero-order valence-electron chi connectivity index (χ0n) is 13.5. The number of halogens is 1. The maximum absolute atomic E-state index is 13.8. The first-order chi connectivity index (χ1) is 11.4. The molecule has 0 unspecified atom stereocenters. The first-order valence-corrected chi connectivity index (χ1v) is 7.91.